The first-order valence-electron chi connectivity index (χ1n) is 22.4. The first-order valence-corrected chi connectivity index (χ1v) is 22.4. The summed E-state index contributed by atoms with van der Waals surface area (Å²) >= 11 is 0. The van der Waals surface area contributed by atoms with E-state index in [2.05, 4.69) is 16.0 Å². The molecule has 1 aliphatic heterocycles. The van der Waals surface area contributed by atoms with E-state index in [1.807, 2.05) is 91.0 Å². The number of ether oxygens (including phenoxy) is 1. The summed E-state index contributed by atoms with van der Waals surface area (Å²) in [5.41, 5.74) is 2.74. The lowest BCUT2D eigenvalue weighted by Crippen LogP contribution is -2.54. The summed E-state index contributed by atoms with van der Waals surface area (Å²) in [5, 5.41) is 9.21. The summed E-state index contributed by atoms with van der Waals surface area (Å²) < 4.78 is 6.05. The van der Waals surface area contributed by atoms with Crippen LogP contribution in [0.15, 0.2) is 91.0 Å². The molecule has 3 N–H and O–H groups in total. The van der Waals surface area contributed by atoms with Crippen molar-refractivity contribution in [1.82, 2.24) is 30.7 Å². The third kappa shape index (κ3) is 10.9. The highest BCUT2D eigenvalue weighted by Gasteiger charge is 2.42. The van der Waals surface area contributed by atoms with Crippen LogP contribution in [-0.2, 0) is 53.0 Å². The van der Waals surface area contributed by atoms with Crippen molar-refractivity contribution in [2.75, 3.05) is 27.7 Å². The van der Waals surface area contributed by atoms with E-state index in [1.54, 1.807) is 35.8 Å². The Labute approximate surface area is 365 Å². The second kappa shape index (κ2) is 20.5. The van der Waals surface area contributed by atoms with Crippen molar-refractivity contribution in [3.05, 3.63) is 108 Å². The van der Waals surface area contributed by atoms with E-state index in [9.17, 15) is 28.8 Å². The SMILES string of the molecule is CN1C(=O)[C@@H](COCc2ccccc2)NC(=O)[C@@H]2CC[C@@H](C2)N(C)C(=O)[C@@H](Cc2ccccc2)NC(=O)[C@@H]2CC[C@@H](C2)N(C)C(=O)[C@@H](Cc2ccccc2)NC(=O)[C@@H]2CC[C@H]1C2. The fourth-order valence-corrected chi connectivity index (χ4v) is 9.93. The molecule has 0 spiro atoms. The molecule has 4 aliphatic rings. The largest absolute Gasteiger partial charge is 0.374 e. The molecule has 62 heavy (non-hydrogen) atoms. The topological polar surface area (TPSA) is 157 Å². The Hall–Kier alpha value is -5.56. The van der Waals surface area contributed by atoms with Crippen molar-refractivity contribution in [1.29, 1.82) is 0 Å². The number of hydrogen-bond acceptors (Lipinski definition) is 7. The highest BCUT2D eigenvalue weighted by Crippen LogP contribution is 2.33. The molecule has 3 saturated carbocycles. The molecule has 1 saturated heterocycles. The zero-order valence-corrected chi connectivity index (χ0v) is 36.2. The molecule has 6 bridgehead atoms. The standard InChI is InChI=1S/C49H62N6O7/c1-53-38-22-19-35(27-38)44(56)50-42(26-33-15-9-5-10-16-33)48(60)54(2)39-23-21-37(29-39)46(58)52-43(31-62-30-34-17-11-6-12-18-34)49(61)55(3)40-24-20-36(28-40)45(57)51-41(47(53)59)25-32-13-7-4-8-14-32/h4-18,35-43H,19-31H2,1-3H3,(H,50,56)(H,51,57)(H,52,58)/t35-,36-,37-,38+,39+,40+,41-,42-,43-/m1/s1. The van der Waals surface area contributed by atoms with Gasteiger partial charge in [-0.1, -0.05) is 91.0 Å². The lowest BCUT2D eigenvalue weighted by Gasteiger charge is -2.32. The number of likely N-dealkylation sites (N-methyl/N-ethyl adjacent to an activating group) is 3. The molecule has 0 aromatic heterocycles. The summed E-state index contributed by atoms with van der Waals surface area (Å²) in [6.45, 7) is 0.211. The smallest absolute Gasteiger partial charge is 0.247 e. The molecule has 13 nitrogen and oxygen atoms in total. The minimum absolute atomic E-state index is 0.0470. The average molecular weight is 847 g/mol. The van der Waals surface area contributed by atoms with Gasteiger partial charge in [-0.15, -0.1) is 0 Å². The zero-order valence-electron chi connectivity index (χ0n) is 36.2. The third-order valence-electron chi connectivity index (χ3n) is 13.8. The Bertz CT molecular complexity index is 2000. The molecule has 3 aromatic rings. The van der Waals surface area contributed by atoms with Crippen molar-refractivity contribution in [2.24, 2.45) is 17.8 Å². The Morgan fingerprint density at radius 1 is 0.452 bits per heavy atom. The fraction of sp³-hybridized carbons (Fsp3) is 0.510. The maximum Gasteiger partial charge on any atom is 0.247 e. The molecule has 9 atom stereocenters. The first kappa shape index (κ1) is 44.5. The quantitative estimate of drug-likeness (QED) is 0.309. The molecule has 4 fully saturated rings. The molecule has 3 aliphatic carbocycles. The summed E-state index contributed by atoms with van der Waals surface area (Å²) in [6.07, 6.45) is 5.27. The molecule has 1 heterocycles. The van der Waals surface area contributed by atoms with E-state index >= 15 is 0 Å². The van der Waals surface area contributed by atoms with Crippen molar-refractivity contribution in [3.8, 4) is 0 Å². The maximum atomic E-state index is 14.4. The molecule has 13 heteroatoms. The molecule has 7 rings (SSSR count). The number of nitrogens with one attached hydrogen (secondary N) is 3. The van der Waals surface area contributed by atoms with Crippen molar-refractivity contribution in [3.63, 3.8) is 0 Å². The van der Waals surface area contributed by atoms with Crippen molar-refractivity contribution >= 4 is 35.4 Å². The van der Waals surface area contributed by atoms with Gasteiger partial charge in [0.15, 0.2) is 0 Å². The Balaban J connectivity index is 1.15. The van der Waals surface area contributed by atoms with Gasteiger partial charge < -0.3 is 35.4 Å². The van der Waals surface area contributed by atoms with Gasteiger partial charge in [0.25, 0.3) is 0 Å². The number of amides is 6. The van der Waals surface area contributed by atoms with E-state index in [4.69, 9.17) is 4.74 Å². The number of nitrogens with zero attached hydrogens (tertiary/aromatic N) is 3. The zero-order chi connectivity index (χ0) is 43.8. The van der Waals surface area contributed by atoms with E-state index < -0.39 is 35.9 Å². The number of rotatable bonds is 8. The lowest BCUT2D eigenvalue weighted by atomic mass is 10.0. The highest BCUT2D eigenvalue weighted by atomic mass is 16.5. The van der Waals surface area contributed by atoms with Crippen LogP contribution in [-0.4, -0.2) is 114 Å². The highest BCUT2D eigenvalue weighted by molar-refractivity contribution is 5.91. The van der Waals surface area contributed by atoms with Gasteiger partial charge in [-0.05, 0) is 74.5 Å². The lowest BCUT2D eigenvalue weighted by molar-refractivity contribution is -0.140. The number of carbonyl (C=O) groups excluding carboxylic acids is 6. The summed E-state index contributed by atoms with van der Waals surface area (Å²) in [6, 6.07) is 25.4. The van der Waals surface area contributed by atoms with Crippen LogP contribution in [0.4, 0.5) is 0 Å². The molecule has 0 radical (unpaired) electrons. The molecule has 6 amide bonds. The molecule has 0 unspecified atom stereocenters. The minimum Gasteiger partial charge on any atom is -0.374 e. The number of benzene rings is 3. The average Bonchev–Trinajstić information content (AvgIpc) is 4.10. The summed E-state index contributed by atoms with van der Waals surface area (Å²) in [5.74, 6) is -2.76. The molecule has 3 aromatic carbocycles. The monoisotopic (exact) mass is 846 g/mol. The van der Waals surface area contributed by atoms with Crippen LogP contribution < -0.4 is 16.0 Å². The van der Waals surface area contributed by atoms with Gasteiger partial charge in [0, 0.05) is 69.9 Å². The molecular weight excluding hydrogens is 785 g/mol. The number of carbonyl (C=O) groups is 6. The van der Waals surface area contributed by atoms with Crippen LogP contribution in [0.5, 0.6) is 0 Å². The summed E-state index contributed by atoms with van der Waals surface area (Å²) in [7, 11) is 5.21. The van der Waals surface area contributed by atoms with Crippen LogP contribution in [0.25, 0.3) is 0 Å². The van der Waals surface area contributed by atoms with Crippen LogP contribution >= 0.6 is 0 Å². The Morgan fingerprint density at radius 3 is 1.15 bits per heavy atom. The Morgan fingerprint density at radius 2 is 0.774 bits per heavy atom. The second-order valence-corrected chi connectivity index (χ2v) is 17.9. The Kier molecular flexibility index (Phi) is 14.7. The van der Waals surface area contributed by atoms with E-state index in [0.29, 0.717) is 70.6 Å². The number of hydrogen-bond donors (Lipinski definition) is 3. The van der Waals surface area contributed by atoms with E-state index in [-0.39, 0.29) is 66.8 Å². The van der Waals surface area contributed by atoms with Gasteiger partial charge in [-0.2, -0.15) is 0 Å². The molecular formula is C49H62N6O7. The third-order valence-corrected chi connectivity index (χ3v) is 13.8. The summed E-state index contributed by atoms with van der Waals surface area (Å²) in [4.78, 5) is 90.2. The van der Waals surface area contributed by atoms with Gasteiger partial charge in [-0.25, -0.2) is 0 Å². The van der Waals surface area contributed by atoms with Crippen molar-refractivity contribution < 1.29 is 33.5 Å². The van der Waals surface area contributed by atoms with E-state index in [0.717, 1.165) is 16.7 Å². The number of fused-ring (bicyclic) bond motifs is 6. The maximum absolute atomic E-state index is 14.4. The van der Waals surface area contributed by atoms with Crippen LogP contribution in [0.3, 0.4) is 0 Å². The van der Waals surface area contributed by atoms with Gasteiger partial charge in [0.1, 0.15) is 18.1 Å². The predicted octanol–water partition coefficient (Wildman–Crippen LogP) is 4.04. The van der Waals surface area contributed by atoms with Crippen LogP contribution in [0.1, 0.15) is 74.5 Å². The van der Waals surface area contributed by atoms with Gasteiger partial charge in [0.2, 0.25) is 35.4 Å². The van der Waals surface area contributed by atoms with E-state index in [1.165, 1.54) is 0 Å². The van der Waals surface area contributed by atoms with Crippen LogP contribution in [0, 0.1) is 17.8 Å². The van der Waals surface area contributed by atoms with Gasteiger partial charge >= 0.3 is 0 Å². The molecule has 330 valence electrons. The van der Waals surface area contributed by atoms with Crippen molar-refractivity contribution in [2.45, 2.75) is 113 Å². The predicted molar refractivity (Wildman–Crippen MR) is 234 cm³/mol. The second-order valence-electron chi connectivity index (χ2n) is 17.9. The minimum atomic E-state index is -0.975. The van der Waals surface area contributed by atoms with Gasteiger partial charge in [-0.3, -0.25) is 28.8 Å². The first-order chi connectivity index (χ1) is 29.9. The van der Waals surface area contributed by atoms with Crippen LogP contribution in [0.2, 0.25) is 0 Å². The fourth-order valence-electron chi connectivity index (χ4n) is 9.93. The normalized spacial score (nSPS) is 29.3. The van der Waals surface area contributed by atoms with Gasteiger partial charge in [0.05, 0.1) is 13.2 Å².